The lowest BCUT2D eigenvalue weighted by Crippen LogP contribution is -2.17. The molecule has 1 saturated heterocycles. The van der Waals surface area contributed by atoms with Crippen LogP contribution in [0.2, 0.25) is 0 Å². The predicted octanol–water partition coefficient (Wildman–Crippen LogP) is 1.63. The molecule has 1 aliphatic rings. The quantitative estimate of drug-likeness (QED) is 0.831. The number of nitrogens with one attached hydrogen (secondary N) is 1. The first-order chi connectivity index (χ1) is 10.4. The third kappa shape index (κ3) is 4.56. The number of benzene rings is 1. The van der Waals surface area contributed by atoms with Gasteiger partial charge in [0.2, 0.25) is 5.91 Å². The van der Waals surface area contributed by atoms with E-state index in [0.29, 0.717) is 17.7 Å². The molecule has 0 aliphatic carbocycles. The largest absolute Gasteiger partial charge is 0.462 e. The first-order valence-corrected chi connectivity index (χ1v) is 8.99. The number of hydrogen-bond acceptors (Lipinski definition) is 5. The van der Waals surface area contributed by atoms with E-state index in [1.165, 1.54) is 0 Å². The van der Waals surface area contributed by atoms with E-state index in [0.717, 1.165) is 0 Å². The van der Waals surface area contributed by atoms with E-state index >= 15 is 0 Å². The molecule has 0 radical (unpaired) electrons. The lowest BCUT2D eigenvalue weighted by atomic mass is 10.0. The minimum atomic E-state index is -2.98. The summed E-state index contributed by atoms with van der Waals surface area (Å²) >= 11 is 0. The van der Waals surface area contributed by atoms with Gasteiger partial charge >= 0.3 is 5.97 Å². The fourth-order valence-corrected chi connectivity index (χ4v) is 4.31. The van der Waals surface area contributed by atoms with Crippen LogP contribution in [-0.4, -0.2) is 38.4 Å². The van der Waals surface area contributed by atoms with Gasteiger partial charge in [0, 0.05) is 12.1 Å². The molecule has 1 amide bonds. The molecule has 120 valence electrons. The Hall–Kier alpha value is -1.89. The SMILES string of the molecule is CCOC(=O)c1cccc(NC(=O)CC2CCS(=O)(=O)C2)c1. The van der Waals surface area contributed by atoms with Crippen LogP contribution >= 0.6 is 0 Å². The summed E-state index contributed by atoms with van der Waals surface area (Å²) in [5.74, 6) is -0.589. The molecular weight excluding hydrogens is 306 g/mol. The van der Waals surface area contributed by atoms with Crippen LogP contribution in [0.5, 0.6) is 0 Å². The van der Waals surface area contributed by atoms with Crippen molar-refractivity contribution in [3.8, 4) is 0 Å². The number of rotatable bonds is 5. The molecule has 1 unspecified atom stereocenters. The average molecular weight is 325 g/mol. The molecule has 0 bridgehead atoms. The Morgan fingerprint density at radius 2 is 2.14 bits per heavy atom. The van der Waals surface area contributed by atoms with Gasteiger partial charge in [-0.1, -0.05) is 6.07 Å². The molecule has 1 aromatic carbocycles. The molecule has 1 aromatic rings. The van der Waals surface area contributed by atoms with Crippen molar-refractivity contribution in [2.75, 3.05) is 23.4 Å². The lowest BCUT2D eigenvalue weighted by molar-refractivity contribution is -0.116. The summed E-state index contributed by atoms with van der Waals surface area (Å²) in [5, 5.41) is 2.69. The predicted molar refractivity (Wildman–Crippen MR) is 82.4 cm³/mol. The number of anilines is 1. The monoisotopic (exact) mass is 325 g/mol. The fourth-order valence-electron chi connectivity index (χ4n) is 2.45. The zero-order valence-electron chi connectivity index (χ0n) is 12.4. The number of sulfone groups is 1. The molecule has 6 nitrogen and oxygen atoms in total. The molecule has 1 fully saturated rings. The molecule has 2 rings (SSSR count). The van der Waals surface area contributed by atoms with Crippen molar-refractivity contribution in [2.24, 2.45) is 5.92 Å². The first-order valence-electron chi connectivity index (χ1n) is 7.17. The van der Waals surface area contributed by atoms with E-state index in [2.05, 4.69) is 5.32 Å². The minimum Gasteiger partial charge on any atom is -0.462 e. The number of amides is 1. The number of esters is 1. The van der Waals surface area contributed by atoms with Crippen LogP contribution in [0.1, 0.15) is 30.1 Å². The highest BCUT2D eigenvalue weighted by Crippen LogP contribution is 2.22. The third-order valence-electron chi connectivity index (χ3n) is 3.46. The van der Waals surface area contributed by atoms with Crippen molar-refractivity contribution in [3.63, 3.8) is 0 Å². The number of carbonyl (C=O) groups is 2. The first kappa shape index (κ1) is 16.5. The lowest BCUT2D eigenvalue weighted by Gasteiger charge is -2.09. The van der Waals surface area contributed by atoms with Crippen molar-refractivity contribution in [2.45, 2.75) is 19.8 Å². The highest BCUT2D eigenvalue weighted by molar-refractivity contribution is 7.91. The van der Waals surface area contributed by atoms with E-state index in [4.69, 9.17) is 4.74 Å². The van der Waals surface area contributed by atoms with Crippen LogP contribution in [0.3, 0.4) is 0 Å². The molecule has 1 atom stereocenters. The second-order valence-corrected chi connectivity index (χ2v) is 7.55. The van der Waals surface area contributed by atoms with Gasteiger partial charge in [-0.15, -0.1) is 0 Å². The Morgan fingerprint density at radius 1 is 1.36 bits per heavy atom. The van der Waals surface area contributed by atoms with Crippen LogP contribution in [0.15, 0.2) is 24.3 Å². The van der Waals surface area contributed by atoms with Crippen molar-refractivity contribution < 1.29 is 22.7 Å². The van der Waals surface area contributed by atoms with Gasteiger partial charge in [0.05, 0.1) is 23.7 Å². The van der Waals surface area contributed by atoms with Crippen molar-refractivity contribution in [1.82, 2.24) is 0 Å². The van der Waals surface area contributed by atoms with Crippen LogP contribution < -0.4 is 5.32 Å². The van der Waals surface area contributed by atoms with Crippen molar-refractivity contribution in [3.05, 3.63) is 29.8 Å². The summed E-state index contributed by atoms with van der Waals surface area (Å²) in [4.78, 5) is 23.6. The second-order valence-electron chi connectivity index (χ2n) is 5.32. The zero-order valence-corrected chi connectivity index (χ0v) is 13.2. The topological polar surface area (TPSA) is 89.5 Å². The molecule has 7 heteroatoms. The third-order valence-corrected chi connectivity index (χ3v) is 5.30. The molecule has 1 heterocycles. The molecule has 1 aliphatic heterocycles. The average Bonchev–Trinajstić information content (AvgIpc) is 2.78. The van der Waals surface area contributed by atoms with Crippen LogP contribution in [0.25, 0.3) is 0 Å². The van der Waals surface area contributed by atoms with Crippen LogP contribution in [0.4, 0.5) is 5.69 Å². The Balaban J connectivity index is 1.94. The molecule has 0 spiro atoms. The summed E-state index contributed by atoms with van der Waals surface area (Å²) < 4.78 is 27.7. The summed E-state index contributed by atoms with van der Waals surface area (Å²) in [7, 11) is -2.98. The van der Waals surface area contributed by atoms with E-state index in [1.807, 2.05) is 0 Å². The van der Waals surface area contributed by atoms with Crippen molar-refractivity contribution >= 4 is 27.4 Å². The van der Waals surface area contributed by atoms with E-state index < -0.39 is 15.8 Å². The highest BCUT2D eigenvalue weighted by Gasteiger charge is 2.29. The Labute approximate surface area is 129 Å². The van der Waals surface area contributed by atoms with Gasteiger partial charge < -0.3 is 10.1 Å². The molecule has 22 heavy (non-hydrogen) atoms. The summed E-state index contributed by atoms with van der Waals surface area (Å²) in [6.07, 6.45) is 0.696. The van der Waals surface area contributed by atoms with Gasteiger partial charge in [0.25, 0.3) is 0 Å². The molecule has 0 aromatic heterocycles. The van der Waals surface area contributed by atoms with Gasteiger partial charge in [0.15, 0.2) is 9.84 Å². The van der Waals surface area contributed by atoms with Gasteiger partial charge in [0.1, 0.15) is 0 Å². The van der Waals surface area contributed by atoms with Crippen LogP contribution in [-0.2, 0) is 19.4 Å². The standard InChI is InChI=1S/C15H19NO5S/c1-2-21-15(18)12-4-3-5-13(9-12)16-14(17)8-11-6-7-22(19,20)10-11/h3-5,9,11H,2,6-8,10H2,1H3,(H,16,17). The number of ether oxygens (including phenoxy) is 1. The maximum absolute atomic E-state index is 12.0. The number of hydrogen-bond donors (Lipinski definition) is 1. The van der Waals surface area contributed by atoms with Gasteiger partial charge in [-0.2, -0.15) is 0 Å². The molecule has 1 N–H and O–H groups in total. The normalized spacial score (nSPS) is 19.6. The second kappa shape index (κ2) is 6.91. The van der Waals surface area contributed by atoms with E-state index in [1.54, 1.807) is 31.2 Å². The minimum absolute atomic E-state index is 0.0727. The van der Waals surface area contributed by atoms with Gasteiger partial charge in [-0.3, -0.25) is 4.79 Å². The van der Waals surface area contributed by atoms with Gasteiger partial charge in [-0.05, 0) is 37.5 Å². The van der Waals surface area contributed by atoms with E-state index in [-0.39, 0.29) is 36.4 Å². The Bertz CT molecular complexity index is 668. The maximum atomic E-state index is 12.0. The zero-order chi connectivity index (χ0) is 16.2. The Morgan fingerprint density at radius 3 is 2.77 bits per heavy atom. The fraction of sp³-hybridized carbons (Fsp3) is 0.467. The Kier molecular flexibility index (Phi) is 5.18. The van der Waals surface area contributed by atoms with Crippen molar-refractivity contribution in [1.29, 1.82) is 0 Å². The van der Waals surface area contributed by atoms with E-state index in [9.17, 15) is 18.0 Å². The smallest absolute Gasteiger partial charge is 0.338 e. The van der Waals surface area contributed by atoms with Gasteiger partial charge in [-0.25, -0.2) is 13.2 Å². The molecule has 0 saturated carbocycles. The maximum Gasteiger partial charge on any atom is 0.338 e. The summed E-state index contributed by atoms with van der Waals surface area (Å²) in [6.45, 7) is 2.00. The molecular formula is C15H19NO5S. The number of carbonyl (C=O) groups excluding carboxylic acids is 2. The summed E-state index contributed by atoms with van der Waals surface area (Å²) in [6, 6.07) is 6.48. The summed E-state index contributed by atoms with van der Waals surface area (Å²) in [5.41, 5.74) is 0.861. The highest BCUT2D eigenvalue weighted by atomic mass is 32.2. The van der Waals surface area contributed by atoms with Crippen LogP contribution in [0, 0.1) is 5.92 Å².